The molecule has 1 heterocycles. The summed E-state index contributed by atoms with van der Waals surface area (Å²) in [6, 6.07) is 1.58. The van der Waals surface area contributed by atoms with Crippen LogP contribution in [0.1, 0.15) is 34.6 Å². The number of ether oxygens (including phenoxy) is 2. The van der Waals surface area contributed by atoms with E-state index in [0.717, 1.165) is 0 Å². The van der Waals surface area contributed by atoms with Crippen LogP contribution in [0, 0.1) is 6.92 Å². The van der Waals surface area contributed by atoms with Gasteiger partial charge in [0.05, 0.1) is 13.2 Å². The molecule has 0 aliphatic heterocycles. The van der Waals surface area contributed by atoms with Crippen LogP contribution in [0.3, 0.4) is 0 Å². The summed E-state index contributed by atoms with van der Waals surface area (Å²) >= 11 is 0. The molecule has 0 aliphatic rings. The number of hydrogen-bond acceptors (Lipinski definition) is 4. The zero-order valence-electron chi connectivity index (χ0n) is 9.79. The van der Waals surface area contributed by atoms with Crippen molar-refractivity contribution in [3.63, 3.8) is 0 Å². The lowest BCUT2D eigenvalue weighted by Gasteiger charge is -2.13. The average Bonchev–Trinajstić information content (AvgIpc) is 2.30. The molecular weight excluding hydrogens is 210 g/mol. The number of carbonyl (C=O) groups excluding carboxylic acids is 1. The van der Waals surface area contributed by atoms with Crippen LogP contribution in [0.15, 0.2) is 10.9 Å². The Bertz CT molecular complexity index is 450. The molecule has 0 aliphatic carbocycles. The summed E-state index contributed by atoms with van der Waals surface area (Å²) in [7, 11) is 2.81. The van der Waals surface area contributed by atoms with Gasteiger partial charge in [0.1, 0.15) is 5.69 Å². The van der Waals surface area contributed by atoms with Gasteiger partial charge >= 0.3 is 5.97 Å². The fraction of sp³-hybridized carbons (Fsp3) is 0.455. The largest absolute Gasteiger partial charge is 0.464 e. The molecule has 5 nitrogen and oxygen atoms in total. The van der Waals surface area contributed by atoms with Gasteiger partial charge in [-0.2, -0.15) is 0 Å². The second kappa shape index (κ2) is 4.94. The van der Waals surface area contributed by atoms with Gasteiger partial charge in [-0.05, 0) is 25.5 Å². The van der Waals surface area contributed by atoms with Crippen molar-refractivity contribution in [2.24, 2.45) is 0 Å². The number of nitrogens with one attached hydrogen (secondary N) is 1. The van der Waals surface area contributed by atoms with E-state index in [4.69, 9.17) is 4.74 Å². The van der Waals surface area contributed by atoms with E-state index in [9.17, 15) is 9.59 Å². The van der Waals surface area contributed by atoms with Crippen molar-refractivity contribution >= 4 is 5.97 Å². The fourth-order valence-electron chi connectivity index (χ4n) is 1.42. The van der Waals surface area contributed by atoms with Crippen molar-refractivity contribution in [1.29, 1.82) is 0 Å². The predicted molar refractivity (Wildman–Crippen MR) is 58.6 cm³/mol. The maximum absolute atomic E-state index is 11.6. The van der Waals surface area contributed by atoms with E-state index >= 15 is 0 Å². The lowest BCUT2D eigenvalue weighted by atomic mass is 10.1. The highest BCUT2D eigenvalue weighted by molar-refractivity contribution is 5.87. The molecule has 0 saturated carbocycles. The molecule has 1 atom stereocenters. The predicted octanol–water partition coefficient (Wildman–Crippen LogP) is 1.18. The van der Waals surface area contributed by atoms with Gasteiger partial charge in [0, 0.05) is 12.7 Å². The Hall–Kier alpha value is -1.62. The standard InChI is InChI=1S/C11H15NO4/c1-6-8(7(2)15-3)5-9(11(14)16-4)12-10(6)13/h5,7H,1-4H3,(H,12,13). The molecule has 1 rings (SSSR count). The van der Waals surface area contributed by atoms with Crippen LogP contribution >= 0.6 is 0 Å². The number of pyridine rings is 1. The highest BCUT2D eigenvalue weighted by Gasteiger charge is 2.15. The van der Waals surface area contributed by atoms with E-state index in [2.05, 4.69) is 9.72 Å². The summed E-state index contributed by atoms with van der Waals surface area (Å²) in [6.07, 6.45) is -0.245. The Morgan fingerprint density at radius 1 is 1.44 bits per heavy atom. The van der Waals surface area contributed by atoms with Crippen LogP contribution in [0.2, 0.25) is 0 Å². The molecule has 0 radical (unpaired) electrons. The Kier molecular flexibility index (Phi) is 3.84. The topological polar surface area (TPSA) is 68.4 Å². The Morgan fingerprint density at radius 3 is 2.56 bits per heavy atom. The maximum atomic E-state index is 11.6. The second-order valence-electron chi connectivity index (χ2n) is 3.46. The van der Waals surface area contributed by atoms with Gasteiger partial charge in [-0.3, -0.25) is 4.79 Å². The first-order valence-electron chi connectivity index (χ1n) is 4.86. The highest BCUT2D eigenvalue weighted by Crippen LogP contribution is 2.18. The minimum absolute atomic E-state index is 0.136. The number of carbonyl (C=O) groups is 1. The number of hydrogen-bond donors (Lipinski definition) is 1. The summed E-state index contributed by atoms with van der Waals surface area (Å²) < 4.78 is 9.69. The highest BCUT2D eigenvalue weighted by atomic mass is 16.5. The molecule has 88 valence electrons. The lowest BCUT2D eigenvalue weighted by Crippen LogP contribution is -2.19. The monoisotopic (exact) mass is 225 g/mol. The molecule has 0 aromatic carbocycles. The molecule has 0 spiro atoms. The number of H-pyrrole nitrogens is 1. The Balaban J connectivity index is 3.33. The SMILES string of the molecule is COC(=O)c1cc(C(C)OC)c(C)c(=O)[nH]1. The number of esters is 1. The molecule has 5 heteroatoms. The molecule has 16 heavy (non-hydrogen) atoms. The van der Waals surface area contributed by atoms with E-state index in [0.29, 0.717) is 11.1 Å². The normalized spacial score (nSPS) is 12.2. The zero-order valence-corrected chi connectivity index (χ0v) is 9.79. The van der Waals surface area contributed by atoms with Gasteiger partial charge in [0.15, 0.2) is 0 Å². The summed E-state index contributed by atoms with van der Waals surface area (Å²) in [5.41, 5.74) is 1.06. The van der Waals surface area contributed by atoms with Crippen LogP contribution in [-0.2, 0) is 9.47 Å². The average molecular weight is 225 g/mol. The summed E-state index contributed by atoms with van der Waals surface area (Å²) in [4.78, 5) is 25.3. The fourth-order valence-corrected chi connectivity index (χ4v) is 1.42. The first-order chi connectivity index (χ1) is 7.51. The number of aromatic nitrogens is 1. The molecule has 0 amide bonds. The first-order valence-corrected chi connectivity index (χ1v) is 4.86. The smallest absolute Gasteiger partial charge is 0.354 e. The van der Waals surface area contributed by atoms with E-state index in [1.807, 2.05) is 6.92 Å². The van der Waals surface area contributed by atoms with Gasteiger partial charge in [-0.15, -0.1) is 0 Å². The lowest BCUT2D eigenvalue weighted by molar-refractivity contribution is 0.0592. The maximum Gasteiger partial charge on any atom is 0.354 e. The zero-order chi connectivity index (χ0) is 12.3. The minimum atomic E-state index is -0.568. The van der Waals surface area contributed by atoms with Crippen molar-refractivity contribution in [2.75, 3.05) is 14.2 Å². The van der Waals surface area contributed by atoms with Crippen molar-refractivity contribution in [3.05, 3.63) is 33.2 Å². The second-order valence-corrected chi connectivity index (χ2v) is 3.46. The number of aromatic amines is 1. The van der Waals surface area contributed by atoms with Crippen LogP contribution in [0.25, 0.3) is 0 Å². The van der Waals surface area contributed by atoms with Gasteiger partial charge in [-0.25, -0.2) is 4.79 Å². The van der Waals surface area contributed by atoms with Gasteiger partial charge < -0.3 is 14.5 Å². The molecular formula is C11H15NO4. The third kappa shape index (κ3) is 2.30. The van der Waals surface area contributed by atoms with E-state index < -0.39 is 5.97 Å². The quantitative estimate of drug-likeness (QED) is 0.784. The van der Waals surface area contributed by atoms with Crippen molar-refractivity contribution in [1.82, 2.24) is 4.98 Å². The molecule has 0 fully saturated rings. The van der Waals surface area contributed by atoms with Crippen molar-refractivity contribution in [3.8, 4) is 0 Å². The number of rotatable bonds is 3. The molecule has 1 N–H and O–H groups in total. The Morgan fingerprint density at radius 2 is 2.06 bits per heavy atom. The molecule has 0 saturated heterocycles. The van der Waals surface area contributed by atoms with E-state index in [-0.39, 0.29) is 17.4 Å². The van der Waals surface area contributed by atoms with Gasteiger partial charge in [0.2, 0.25) is 0 Å². The van der Waals surface area contributed by atoms with Crippen LogP contribution in [0.5, 0.6) is 0 Å². The molecule has 1 aromatic heterocycles. The molecule has 1 aromatic rings. The van der Waals surface area contributed by atoms with Gasteiger partial charge in [0.25, 0.3) is 5.56 Å². The van der Waals surface area contributed by atoms with Crippen molar-refractivity contribution < 1.29 is 14.3 Å². The van der Waals surface area contributed by atoms with E-state index in [1.54, 1.807) is 20.1 Å². The summed E-state index contributed by atoms with van der Waals surface area (Å²) in [5, 5.41) is 0. The van der Waals surface area contributed by atoms with Crippen LogP contribution in [0.4, 0.5) is 0 Å². The molecule has 0 bridgehead atoms. The third-order valence-corrected chi connectivity index (χ3v) is 2.52. The van der Waals surface area contributed by atoms with Crippen LogP contribution < -0.4 is 5.56 Å². The minimum Gasteiger partial charge on any atom is -0.464 e. The molecule has 1 unspecified atom stereocenters. The third-order valence-electron chi connectivity index (χ3n) is 2.52. The summed E-state index contributed by atoms with van der Waals surface area (Å²) in [6.45, 7) is 3.49. The summed E-state index contributed by atoms with van der Waals surface area (Å²) in [5.74, 6) is -0.568. The van der Waals surface area contributed by atoms with E-state index in [1.165, 1.54) is 7.11 Å². The van der Waals surface area contributed by atoms with Crippen molar-refractivity contribution in [2.45, 2.75) is 20.0 Å². The Labute approximate surface area is 93.4 Å². The van der Waals surface area contributed by atoms with Crippen LogP contribution in [-0.4, -0.2) is 25.2 Å². The number of methoxy groups -OCH3 is 2. The van der Waals surface area contributed by atoms with Gasteiger partial charge in [-0.1, -0.05) is 0 Å². The first kappa shape index (κ1) is 12.4.